The predicted octanol–water partition coefficient (Wildman–Crippen LogP) is 2.54. The summed E-state index contributed by atoms with van der Waals surface area (Å²) in [6.07, 6.45) is 5.36. The van der Waals surface area contributed by atoms with Crippen molar-refractivity contribution in [2.24, 2.45) is 0 Å². The number of hydrogen-bond acceptors (Lipinski definition) is 3. The number of carbonyl (C=O) groups is 1. The summed E-state index contributed by atoms with van der Waals surface area (Å²) in [7, 11) is 2.21. The molecule has 0 N–H and O–H groups in total. The van der Waals surface area contributed by atoms with Crippen LogP contribution in [0.2, 0.25) is 0 Å². The number of aryl methyl sites for hydroxylation is 2. The van der Waals surface area contributed by atoms with E-state index in [9.17, 15) is 4.79 Å². The van der Waals surface area contributed by atoms with Crippen molar-refractivity contribution in [3.8, 4) is 0 Å². The van der Waals surface area contributed by atoms with Gasteiger partial charge in [-0.3, -0.25) is 9.48 Å². The smallest absolute Gasteiger partial charge is 0.225 e. The van der Waals surface area contributed by atoms with E-state index in [0.717, 1.165) is 30.8 Å². The number of aromatic nitrogens is 2. The van der Waals surface area contributed by atoms with Crippen molar-refractivity contribution in [1.82, 2.24) is 19.6 Å². The normalized spacial score (nSPS) is 26.9. The van der Waals surface area contributed by atoms with Crippen LogP contribution in [0, 0.1) is 13.8 Å². The lowest BCUT2D eigenvalue weighted by atomic mass is 10.0. The number of carbonyl (C=O) groups excluding carboxylic acids is 1. The van der Waals surface area contributed by atoms with Gasteiger partial charge in [-0.2, -0.15) is 5.10 Å². The van der Waals surface area contributed by atoms with E-state index in [2.05, 4.69) is 41.9 Å². The van der Waals surface area contributed by atoms with Gasteiger partial charge < -0.3 is 9.80 Å². The van der Waals surface area contributed by atoms with Gasteiger partial charge in [0.05, 0.1) is 11.7 Å². The first-order valence-electron chi connectivity index (χ1n) is 9.00. The van der Waals surface area contributed by atoms with Gasteiger partial charge >= 0.3 is 0 Å². The fourth-order valence-corrected chi connectivity index (χ4v) is 4.47. The Morgan fingerprint density at radius 1 is 1.26 bits per heavy atom. The van der Waals surface area contributed by atoms with Gasteiger partial charge in [0, 0.05) is 30.7 Å². The van der Waals surface area contributed by atoms with Gasteiger partial charge in [-0.25, -0.2) is 0 Å². The first kappa shape index (κ1) is 16.5. The summed E-state index contributed by atoms with van der Waals surface area (Å²) in [5.41, 5.74) is 2.16. The summed E-state index contributed by atoms with van der Waals surface area (Å²) in [4.78, 5) is 17.5. The molecule has 0 bridgehead atoms. The van der Waals surface area contributed by atoms with E-state index >= 15 is 0 Å². The Labute approximate surface area is 139 Å². The SMILES string of the molecule is Cc1cc(C)n([C@H](C)CC(=O)N2CCC[C@H]2[C@H]2CCCN2C)n1. The van der Waals surface area contributed by atoms with Crippen LogP contribution < -0.4 is 0 Å². The van der Waals surface area contributed by atoms with Crippen molar-refractivity contribution in [2.45, 2.75) is 71.0 Å². The fraction of sp³-hybridized carbons (Fsp3) is 0.778. The van der Waals surface area contributed by atoms with Crippen LogP contribution in [0.25, 0.3) is 0 Å². The molecule has 5 heteroatoms. The van der Waals surface area contributed by atoms with Gasteiger partial charge in [0.25, 0.3) is 0 Å². The second-order valence-corrected chi connectivity index (χ2v) is 7.41. The first-order valence-corrected chi connectivity index (χ1v) is 9.00. The van der Waals surface area contributed by atoms with E-state index in [4.69, 9.17) is 0 Å². The van der Waals surface area contributed by atoms with Crippen molar-refractivity contribution < 1.29 is 4.79 Å². The molecule has 1 aromatic heterocycles. The Hall–Kier alpha value is -1.36. The molecule has 1 amide bonds. The van der Waals surface area contributed by atoms with Crippen molar-refractivity contribution in [1.29, 1.82) is 0 Å². The molecule has 3 atom stereocenters. The molecule has 5 nitrogen and oxygen atoms in total. The van der Waals surface area contributed by atoms with E-state index in [1.54, 1.807) is 0 Å². The first-order chi connectivity index (χ1) is 11.0. The molecule has 3 rings (SSSR count). The predicted molar refractivity (Wildman–Crippen MR) is 91.4 cm³/mol. The largest absolute Gasteiger partial charge is 0.338 e. The molecular formula is C18H30N4O. The molecule has 0 aromatic carbocycles. The molecule has 2 aliphatic heterocycles. The van der Waals surface area contributed by atoms with Crippen LogP contribution in [0.4, 0.5) is 0 Å². The van der Waals surface area contributed by atoms with Gasteiger partial charge in [0.2, 0.25) is 5.91 Å². The average molecular weight is 318 g/mol. The molecule has 0 radical (unpaired) electrons. The number of nitrogens with zero attached hydrogens (tertiary/aromatic N) is 4. The molecule has 2 saturated heterocycles. The summed E-state index contributed by atoms with van der Waals surface area (Å²) in [5, 5.41) is 4.54. The lowest BCUT2D eigenvalue weighted by molar-refractivity contribution is -0.133. The molecule has 0 aliphatic carbocycles. The third-order valence-corrected chi connectivity index (χ3v) is 5.57. The summed E-state index contributed by atoms with van der Waals surface area (Å²) < 4.78 is 2.00. The molecule has 0 saturated carbocycles. The summed E-state index contributed by atoms with van der Waals surface area (Å²) in [6.45, 7) is 8.27. The third kappa shape index (κ3) is 3.30. The molecule has 128 valence electrons. The van der Waals surface area contributed by atoms with Gasteiger partial charge in [-0.05, 0) is 66.1 Å². The molecule has 0 spiro atoms. The zero-order chi connectivity index (χ0) is 16.6. The highest BCUT2D eigenvalue weighted by atomic mass is 16.2. The monoisotopic (exact) mass is 318 g/mol. The summed E-state index contributed by atoms with van der Waals surface area (Å²) in [6, 6.07) is 3.18. The second kappa shape index (κ2) is 6.63. The number of likely N-dealkylation sites (N-methyl/N-ethyl adjacent to an activating group) is 1. The van der Waals surface area contributed by atoms with Gasteiger partial charge in [0.15, 0.2) is 0 Å². The van der Waals surface area contributed by atoms with Crippen LogP contribution in [0.1, 0.15) is 56.5 Å². The third-order valence-electron chi connectivity index (χ3n) is 5.57. The van der Waals surface area contributed by atoms with Gasteiger partial charge in [0.1, 0.15) is 0 Å². The number of amides is 1. The highest BCUT2D eigenvalue weighted by Crippen LogP contribution is 2.30. The Bertz CT molecular complexity index is 567. The van der Waals surface area contributed by atoms with Crippen LogP contribution >= 0.6 is 0 Å². The minimum absolute atomic E-state index is 0.124. The lowest BCUT2D eigenvalue weighted by Gasteiger charge is -2.34. The van der Waals surface area contributed by atoms with Crippen LogP contribution in [0.15, 0.2) is 6.07 Å². The van der Waals surface area contributed by atoms with Crippen LogP contribution in [0.5, 0.6) is 0 Å². The molecular weight excluding hydrogens is 288 g/mol. The topological polar surface area (TPSA) is 41.4 Å². The van der Waals surface area contributed by atoms with Gasteiger partial charge in [-0.1, -0.05) is 0 Å². The lowest BCUT2D eigenvalue weighted by Crippen LogP contribution is -2.47. The summed E-state index contributed by atoms with van der Waals surface area (Å²) >= 11 is 0. The maximum atomic E-state index is 12.9. The van der Waals surface area contributed by atoms with Gasteiger partial charge in [-0.15, -0.1) is 0 Å². The Kier molecular flexibility index (Phi) is 4.76. The summed E-state index contributed by atoms with van der Waals surface area (Å²) in [5.74, 6) is 0.299. The van der Waals surface area contributed by atoms with Crippen molar-refractivity contribution in [3.05, 3.63) is 17.5 Å². The fourth-order valence-electron chi connectivity index (χ4n) is 4.47. The minimum Gasteiger partial charge on any atom is -0.338 e. The molecule has 2 aliphatic rings. The number of hydrogen-bond donors (Lipinski definition) is 0. The number of rotatable bonds is 4. The van der Waals surface area contributed by atoms with Crippen molar-refractivity contribution in [3.63, 3.8) is 0 Å². The Morgan fingerprint density at radius 3 is 2.57 bits per heavy atom. The number of likely N-dealkylation sites (tertiary alicyclic amines) is 2. The quantitative estimate of drug-likeness (QED) is 0.856. The Morgan fingerprint density at radius 2 is 1.96 bits per heavy atom. The Balaban J connectivity index is 1.66. The maximum absolute atomic E-state index is 12.9. The molecule has 0 unspecified atom stereocenters. The standard InChI is InChI=1S/C18H30N4O/c1-13-11-14(2)22(19-13)15(3)12-18(23)21-10-6-8-17(21)16-7-5-9-20(16)4/h11,15-17H,5-10,12H2,1-4H3/t15-,16-,17+/m1/s1. The molecule has 23 heavy (non-hydrogen) atoms. The van der Waals surface area contributed by atoms with Crippen LogP contribution in [-0.4, -0.2) is 57.7 Å². The van der Waals surface area contributed by atoms with Crippen LogP contribution in [-0.2, 0) is 4.79 Å². The van der Waals surface area contributed by atoms with Crippen LogP contribution in [0.3, 0.4) is 0 Å². The second-order valence-electron chi connectivity index (χ2n) is 7.41. The van der Waals surface area contributed by atoms with E-state index in [0.29, 0.717) is 24.4 Å². The van der Waals surface area contributed by atoms with E-state index < -0.39 is 0 Å². The van der Waals surface area contributed by atoms with Crippen molar-refractivity contribution in [2.75, 3.05) is 20.1 Å². The van der Waals surface area contributed by atoms with Crippen molar-refractivity contribution >= 4 is 5.91 Å². The zero-order valence-corrected chi connectivity index (χ0v) is 15.0. The maximum Gasteiger partial charge on any atom is 0.225 e. The zero-order valence-electron chi connectivity index (χ0n) is 15.0. The highest BCUT2D eigenvalue weighted by Gasteiger charge is 2.38. The highest BCUT2D eigenvalue weighted by molar-refractivity contribution is 5.77. The van der Waals surface area contributed by atoms with E-state index in [1.807, 2.05) is 11.6 Å². The average Bonchev–Trinajstić information content (AvgIpc) is 3.18. The van der Waals surface area contributed by atoms with E-state index in [-0.39, 0.29) is 6.04 Å². The molecule has 1 aromatic rings. The molecule has 2 fully saturated rings. The molecule has 3 heterocycles. The van der Waals surface area contributed by atoms with E-state index in [1.165, 1.54) is 19.4 Å². The minimum atomic E-state index is 0.124.